The van der Waals surface area contributed by atoms with Gasteiger partial charge in [0.15, 0.2) is 4.77 Å². The average Bonchev–Trinajstić information content (AvgIpc) is 2.94. The number of H-pyrrole nitrogens is 1. The number of nitrogens with two attached hydrogens (primary N) is 1. The molecule has 0 spiro atoms. The van der Waals surface area contributed by atoms with Gasteiger partial charge >= 0.3 is 0 Å². The van der Waals surface area contributed by atoms with E-state index in [1.807, 2.05) is 28.7 Å². The highest BCUT2D eigenvalue weighted by molar-refractivity contribution is 7.71. The Labute approximate surface area is 105 Å². The summed E-state index contributed by atoms with van der Waals surface area (Å²) in [5.74, 6) is 0.331. The van der Waals surface area contributed by atoms with Gasteiger partial charge in [0.2, 0.25) is 17.2 Å². The highest BCUT2D eigenvalue weighted by Crippen LogP contribution is 2.21. The van der Waals surface area contributed by atoms with Crippen LogP contribution in [0.1, 0.15) is 0 Å². The molecule has 0 amide bonds. The van der Waals surface area contributed by atoms with Crippen LogP contribution in [0.4, 0.5) is 5.95 Å². The summed E-state index contributed by atoms with van der Waals surface area (Å²) in [5.41, 5.74) is 8.85. The summed E-state index contributed by atoms with van der Waals surface area (Å²) in [5, 5.41) is 14.9. The number of anilines is 1. The first-order valence-electron chi connectivity index (χ1n) is 5.26. The van der Waals surface area contributed by atoms with Crippen LogP contribution in [0.15, 0.2) is 24.3 Å². The van der Waals surface area contributed by atoms with Crippen LogP contribution in [-0.2, 0) is 0 Å². The summed E-state index contributed by atoms with van der Waals surface area (Å²) in [4.78, 5) is 0. The number of para-hydroxylation sites is 2. The molecule has 0 saturated carbocycles. The van der Waals surface area contributed by atoms with Crippen LogP contribution in [0.25, 0.3) is 22.3 Å². The van der Waals surface area contributed by atoms with E-state index >= 15 is 0 Å². The molecule has 0 saturated heterocycles. The number of hydrogen-bond donors (Lipinski definition) is 2. The van der Waals surface area contributed by atoms with Gasteiger partial charge in [0, 0.05) is 0 Å². The Hall–Kier alpha value is -2.48. The summed E-state index contributed by atoms with van der Waals surface area (Å²) in [6, 6.07) is 7.75. The minimum absolute atomic E-state index is 0.331. The van der Waals surface area contributed by atoms with E-state index < -0.39 is 0 Å². The maximum absolute atomic E-state index is 5.86. The number of nitrogen functional groups attached to an aromatic ring is 1. The van der Waals surface area contributed by atoms with Crippen molar-refractivity contribution in [2.75, 3.05) is 5.73 Å². The molecular formula is C10H7N7S. The van der Waals surface area contributed by atoms with Crippen molar-refractivity contribution >= 4 is 40.5 Å². The van der Waals surface area contributed by atoms with Crippen LogP contribution in [0, 0.1) is 4.77 Å². The highest BCUT2D eigenvalue weighted by atomic mass is 32.1. The second-order valence-corrected chi connectivity index (χ2v) is 4.28. The molecule has 18 heavy (non-hydrogen) atoms. The molecule has 0 unspecified atom stereocenters. The third-order valence-corrected chi connectivity index (χ3v) is 3.20. The molecule has 3 aromatic heterocycles. The van der Waals surface area contributed by atoms with Crippen molar-refractivity contribution in [3.05, 3.63) is 29.0 Å². The second-order valence-electron chi connectivity index (χ2n) is 3.89. The van der Waals surface area contributed by atoms with Crippen LogP contribution in [0.3, 0.4) is 0 Å². The van der Waals surface area contributed by atoms with Gasteiger partial charge in [-0.3, -0.25) is 13.9 Å². The molecular weight excluding hydrogens is 250 g/mol. The molecule has 0 atom stereocenters. The average molecular weight is 257 g/mol. The first-order chi connectivity index (χ1) is 8.77. The smallest absolute Gasteiger partial charge is 0.227 e. The maximum Gasteiger partial charge on any atom is 0.227 e. The zero-order chi connectivity index (χ0) is 12.3. The lowest BCUT2D eigenvalue weighted by atomic mass is 10.3. The molecule has 3 heterocycles. The first-order valence-corrected chi connectivity index (χ1v) is 5.66. The standard InChI is InChI=1S/C10H7N7S/c11-9-14-12-7-8-13-15-10(18)17(8)6-4-2-1-3-5(6)16(7)9/h1-4H,(H2,11,14)(H,15,18). The Morgan fingerprint density at radius 3 is 2.56 bits per heavy atom. The fourth-order valence-corrected chi connectivity index (χ4v) is 2.42. The van der Waals surface area contributed by atoms with Crippen LogP contribution >= 0.6 is 12.2 Å². The minimum atomic E-state index is 0.331. The first kappa shape index (κ1) is 9.54. The van der Waals surface area contributed by atoms with E-state index in [9.17, 15) is 0 Å². The molecule has 7 nitrogen and oxygen atoms in total. The van der Waals surface area contributed by atoms with Crippen LogP contribution in [0.5, 0.6) is 0 Å². The topological polar surface area (TPSA) is 89.3 Å². The monoisotopic (exact) mass is 257 g/mol. The van der Waals surface area contributed by atoms with Crippen molar-refractivity contribution in [1.82, 2.24) is 29.2 Å². The van der Waals surface area contributed by atoms with Gasteiger partial charge in [0.1, 0.15) is 0 Å². The summed E-state index contributed by atoms with van der Waals surface area (Å²) in [6.45, 7) is 0. The Kier molecular flexibility index (Phi) is 1.61. The number of aromatic nitrogens is 6. The van der Waals surface area contributed by atoms with E-state index in [4.69, 9.17) is 18.0 Å². The minimum Gasteiger partial charge on any atom is -0.368 e. The quantitative estimate of drug-likeness (QED) is 0.461. The Morgan fingerprint density at radius 2 is 1.78 bits per heavy atom. The number of nitrogens with zero attached hydrogens (tertiary/aromatic N) is 5. The van der Waals surface area contributed by atoms with Crippen LogP contribution < -0.4 is 5.73 Å². The number of rotatable bonds is 0. The molecule has 3 N–H and O–H groups in total. The largest absolute Gasteiger partial charge is 0.368 e. The Morgan fingerprint density at radius 1 is 1.06 bits per heavy atom. The van der Waals surface area contributed by atoms with Crippen molar-refractivity contribution in [3.8, 4) is 0 Å². The van der Waals surface area contributed by atoms with Crippen LogP contribution in [-0.4, -0.2) is 29.2 Å². The van der Waals surface area contributed by atoms with E-state index in [0.29, 0.717) is 22.0 Å². The van der Waals surface area contributed by atoms with E-state index in [1.54, 1.807) is 4.40 Å². The van der Waals surface area contributed by atoms with Crippen molar-refractivity contribution < 1.29 is 0 Å². The molecule has 0 radical (unpaired) electrons. The zero-order valence-corrected chi connectivity index (χ0v) is 9.85. The Balaban J connectivity index is 2.54. The predicted molar refractivity (Wildman–Crippen MR) is 68.8 cm³/mol. The third kappa shape index (κ3) is 0.979. The van der Waals surface area contributed by atoms with Gasteiger partial charge in [0.25, 0.3) is 0 Å². The molecule has 88 valence electrons. The maximum atomic E-state index is 5.86. The lowest BCUT2D eigenvalue weighted by Gasteiger charge is -2.04. The SMILES string of the molecule is Nc1nnc2c3n[nH]c(=S)n3c3ccccc3n12. The number of fused-ring (bicyclic) bond motifs is 6. The van der Waals surface area contributed by atoms with Gasteiger partial charge in [-0.15, -0.1) is 10.2 Å². The van der Waals surface area contributed by atoms with Gasteiger partial charge in [-0.05, 0) is 24.4 Å². The lowest BCUT2D eigenvalue weighted by molar-refractivity contribution is 1.08. The second kappa shape index (κ2) is 3.05. The molecule has 1 aromatic carbocycles. The van der Waals surface area contributed by atoms with Gasteiger partial charge in [-0.25, -0.2) is 0 Å². The van der Waals surface area contributed by atoms with E-state index in [0.717, 1.165) is 11.0 Å². The Bertz CT molecular complexity index is 961. The summed E-state index contributed by atoms with van der Waals surface area (Å²) < 4.78 is 4.11. The van der Waals surface area contributed by atoms with E-state index in [1.165, 1.54) is 0 Å². The molecule has 4 rings (SSSR count). The number of aromatic amines is 1. The molecule has 0 fully saturated rings. The van der Waals surface area contributed by atoms with Gasteiger partial charge in [-0.1, -0.05) is 12.1 Å². The molecule has 8 heteroatoms. The number of benzene rings is 1. The van der Waals surface area contributed by atoms with Crippen molar-refractivity contribution in [2.24, 2.45) is 0 Å². The fourth-order valence-electron chi connectivity index (χ4n) is 2.19. The normalized spacial score (nSPS) is 11.8. The molecule has 4 aromatic rings. The highest BCUT2D eigenvalue weighted by Gasteiger charge is 2.14. The summed E-state index contributed by atoms with van der Waals surface area (Å²) in [7, 11) is 0. The lowest BCUT2D eigenvalue weighted by Crippen LogP contribution is -2.00. The summed E-state index contributed by atoms with van der Waals surface area (Å²) in [6.07, 6.45) is 0. The van der Waals surface area contributed by atoms with Crippen molar-refractivity contribution in [2.45, 2.75) is 0 Å². The molecule has 0 aliphatic carbocycles. The summed E-state index contributed by atoms with van der Waals surface area (Å²) >= 11 is 5.24. The molecule has 0 aliphatic heterocycles. The van der Waals surface area contributed by atoms with Gasteiger partial charge in [-0.2, -0.15) is 5.10 Å². The molecule has 0 aliphatic rings. The zero-order valence-electron chi connectivity index (χ0n) is 9.03. The van der Waals surface area contributed by atoms with Crippen LogP contribution in [0.2, 0.25) is 0 Å². The van der Waals surface area contributed by atoms with Gasteiger partial charge < -0.3 is 5.73 Å². The fraction of sp³-hybridized carbons (Fsp3) is 0. The van der Waals surface area contributed by atoms with Gasteiger partial charge in [0.05, 0.1) is 11.0 Å². The van der Waals surface area contributed by atoms with E-state index in [2.05, 4.69) is 20.4 Å². The predicted octanol–water partition coefficient (Wildman–Crippen LogP) is 1.17. The van der Waals surface area contributed by atoms with Crippen molar-refractivity contribution in [1.29, 1.82) is 0 Å². The van der Waals surface area contributed by atoms with Crippen molar-refractivity contribution in [3.63, 3.8) is 0 Å². The van der Waals surface area contributed by atoms with E-state index in [-0.39, 0.29) is 0 Å². The third-order valence-electron chi connectivity index (χ3n) is 2.92. The molecule has 0 bridgehead atoms. The number of nitrogens with one attached hydrogen (secondary N) is 1. The number of hydrogen-bond acceptors (Lipinski definition) is 5.